The van der Waals surface area contributed by atoms with Crippen molar-refractivity contribution in [2.45, 2.75) is 19.8 Å². The summed E-state index contributed by atoms with van der Waals surface area (Å²) >= 11 is -1.03. The number of hydrogen-bond acceptors (Lipinski definition) is 5. The molecular formula is C29H27IN4O2. The van der Waals surface area contributed by atoms with E-state index >= 15 is 0 Å². The van der Waals surface area contributed by atoms with Gasteiger partial charge in [-0.3, -0.25) is 0 Å². The van der Waals surface area contributed by atoms with E-state index in [2.05, 4.69) is 76.3 Å². The minimum absolute atomic E-state index is 0.111. The molecule has 6 rings (SSSR count). The maximum atomic E-state index is 6.89. The van der Waals surface area contributed by atoms with Crippen LogP contribution in [0.3, 0.4) is 0 Å². The standard InChI is InChI=1S/C29H27IN4O2/c1-21-12-6-11-19-29-27(20-21)32(25-16-10-8-14-23(25)31)30-34(36-29)33(24-15-9-7-13-22(24)2)26-17-4-3-5-18-28(26)35-34/h3-17,19H,1,18,20,31H2,2H3. The van der Waals surface area contributed by atoms with Crippen LogP contribution in [0.2, 0.25) is 0 Å². The van der Waals surface area contributed by atoms with Gasteiger partial charge in [0.25, 0.3) is 0 Å². The van der Waals surface area contributed by atoms with Gasteiger partial charge < -0.3 is 0 Å². The molecule has 6 nitrogen and oxygen atoms in total. The van der Waals surface area contributed by atoms with Crippen molar-refractivity contribution in [2.24, 2.45) is 0 Å². The Morgan fingerprint density at radius 2 is 1.67 bits per heavy atom. The molecule has 2 N–H and O–H groups in total. The van der Waals surface area contributed by atoms with Crippen LogP contribution in [0.25, 0.3) is 0 Å². The number of quaternary nitrogens is 1. The van der Waals surface area contributed by atoms with Crippen LogP contribution < -0.4 is 35.6 Å². The molecule has 4 aliphatic rings. The molecule has 0 fully saturated rings. The topological polar surface area (TPSA) is 51.0 Å². The number of nitrogen functional groups attached to an aromatic ring is 1. The predicted octanol–water partition coefficient (Wildman–Crippen LogP) is 3.44. The predicted molar refractivity (Wildman–Crippen MR) is 138 cm³/mol. The Kier molecular flexibility index (Phi) is 5.73. The molecule has 182 valence electrons. The van der Waals surface area contributed by atoms with Gasteiger partial charge in [0.05, 0.1) is 0 Å². The first kappa shape index (κ1) is 22.8. The average molecular weight is 590 g/mol. The van der Waals surface area contributed by atoms with Crippen LogP contribution in [0.4, 0.5) is 17.1 Å². The molecule has 1 spiro atoms. The number of nitrogens with two attached hydrogens (primary N) is 1. The van der Waals surface area contributed by atoms with Crippen molar-refractivity contribution in [1.82, 2.24) is 0 Å². The summed E-state index contributed by atoms with van der Waals surface area (Å²) in [5, 5.41) is 2.19. The molecule has 2 aliphatic heterocycles. The maximum absolute atomic E-state index is 6.89. The second-order valence-corrected chi connectivity index (χ2v) is 11.4. The van der Waals surface area contributed by atoms with Gasteiger partial charge in [0.15, 0.2) is 0 Å². The van der Waals surface area contributed by atoms with Crippen molar-refractivity contribution in [1.29, 1.82) is 0 Å². The van der Waals surface area contributed by atoms with Gasteiger partial charge in [-0.25, -0.2) is 0 Å². The third-order valence-electron chi connectivity index (χ3n) is 6.26. The monoisotopic (exact) mass is 590 g/mol. The molecule has 36 heavy (non-hydrogen) atoms. The molecule has 0 saturated heterocycles. The SMILES string of the molecule is C=C1C=CC=CC2=C(C1)N(c1ccccc1N)[I-][N+]1(O2)OC2=C(C=CC=CC2)N1c1ccccc1C. The van der Waals surface area contributed by atoms with E-state index < -0.39 is 21.8 Å². The molecule has 2 heterocycles. The number of rotatable bonds is 2. The fourth-order valence-electron chi connectivity index (χ4n) is 4.52. The molecule has 2 aromatic rings. The van der Waals surface area contributed by atoms with E-state index in [0.29, 0.717) is 12.8 Å². The number of aryl methyl sites for hydroxylation is 1. The van der Waals surface area contributed by atoms with Crippen LogP contribution in [0.5, 0.6) is 0 Å². The number of halogens is 1. The molecule has 1 atom stereocenters. The molecular weight excluding hydrogens is 563 g/mol. The zero-order valence-corrected chi connectivity index (χ0v) is 22.1. The van der Waals surface area contributed by atoms with Crippen LogP contribution in [-0.4, -0.2) is 3.13 Å². The molecule has 0 bridgehead atoms. The third kappa shape index (κ3) is 3.84. The second-order valence-electron chi connectivity index (χ2n) is 8.81. The van der Waals surface area contributed by atoms with E-state index in [1.807, 2.05) is 42.5 Å². The molecule has 0 amide bonds. The van der Waals surface area contributed by atoms with Crippen molar-refractivity contribution < 1.29 is 34.6 Å². The van der Waals surface area contributed by atoms with Gasteiger partial charge in [-0.05, 0) is 0 Å². The summed E-state index contributed by atoms with van der Waals surface area (Å²) in [5.41, 5.74) is 13.4. The summed E-state index contributed by atoms with van der Waals surface area (Å²) < 4.78 is 2.21. The van der Waals surface area contributed by atoms with Crippen molar-refractivity contribution >= 4 is 17.1 Å². The molecule has 0 saturated carbocycles. The molecule has 2 aliphatic carbocycles. The third-order valence-corrected chi connectivity index (χ3v) is 9.16. The Morgan fingerprint density at radius 1 is 0.917 bits per heavy atom. The van der Waals surface area contributed by atoms with Crippen LogP contribution in [0, 0.1) is 6.92 Å². The zero-order chi connectivity index (χ0) is 24.7. The van der Waals surface area contributed by atoms with Gasteiger partial charge in [0, 0.05) is 0 Å². The Labute approximate surface area is 222 Å². The molecule has 0 radical (unpaired) electrons. The minimum atomic E-state index is -1.03. The van der Waals surface area contributed by atoms with Gasteiger partial charge in [-0.1, -0.05) is 0 Å². The van der Waals surface area contributed by atoms with Crippen LogP contribution in [-0.2, 0) is 9.68 Å². The van der Waals surface area contributed by atoms with Crippen LogP contribution >= 0.6 is 0 Å². The van der Waals surface area contributed by atoms with E-state index in [-0.39, 0.29) is 3.13 Å². The van der Waals surface area contributed by atoms with Gasteiger partial charge in [-0.2, -0.15) is 0 Å². The normalized spacial score (nSPS) is 23.0. The molecule has 2 aromatic carbocycles. The Bertz CT molecular complexity index is 1430. The first-order chi connectivity index (χ1) is 17.6. The molecule has 1 unspecified atom stereocenters. The number of para-hydroxylation sites is 3. The Morgan fingerprint density at radius 3 is 2.50 bits per heavy atom. The fourth-order valence-corrected chi connectivity index (χ4v) is 7.69. The van der Waals surface area contributed by atoms with E-state index in [9.17, 15) is 0 Å². The number of hydrogen-bond donors (Lipinski definition) is 1. The summed E-state index contributed by atoms with van der Waals surface area (Å²) in [6.07, 6.45) is 17.7. The van der Waals surface area contributed by atoms with E-state index in [0.717, 1.165) is 51.1 Å². The number of allylic oxidation sites excluding steroid dienone is 9. The van der Waals surface area contributed by atoms with Crippen molar-refractivity contribution in [2.75, 3.05) is 13.9 Å². The number of benzene rings is 2. The first-order valence-corrected chi connectivity index (χ1v) is 13.8. The quantitative estimate of drug-likeness (QED) is 0.330. The van der Waals surface area contributed by atoms with E-state index in [4.69, 9.17) is 15.4 Å². The summed E-state index contributed by atoms with van der Waals surface area (Å²) in [6, 6.07) is 16.3. The number of nitrogens with zero attached hydrogens (tertiary/aromatic N) is 3. The van der Waals surface area contributed by atoms with Crippen LogP contribution in [0.15, 0.2) is 132 Å². The molecule has 7 heteroatoms. The van der Waals surface area contributed by atoms with Gasteiger partial charge >= 0.3 is 223 Å². The summed E-state index contributed by atoms with van der Waals surface area (Å²) in [5.74, 6) is 1.62. The van der Waals surface area contributed by atoms with Gasteiger partial charge in [0.2, 0.25) is 0 Å². The number of anilines is 3. The van der Waals surface area contributed by atoms with Gasteiger partial charge in [0.1, 0.15) is 0 Å². The summed E-state index contributed by atoms with van der Waals surface area (Å²) in [6.45, 7) is 6.38. The van der Waals surface area contributed by atoms with Crippen molar-refractivity contribution in [3.8, 4) is 0 Å². The average Bonchev–Trinajstić information content (AvgIpc) is 2.98. The van der Waals surface area contributed by atoms with Crippen molar-refractivity contribution in [3.05, 3.63) is 138 Å². The first-order valence-electron chi connectivity index (χ1n) is 11.8. The van der Waals surface area contributed by atoms with Crippen molar-refractivity contribution in [3.63, 3.8) is 0 Å². The zero-order valence-electron chi connectivity index (χ0n) is 20.0. The Hall–Kier alpha value is -3.69. The van der Waals surface area contributed by atoms with E-state index in [1.165, 1.54) is 0 Å². The summed E-state index contributed by atoms with van der Waals surface area (Å²) in [4.78, 5) is 13.7. The summed E-state index contributed by atoms with van der Waals surface area (Å²) in [7, 11) is 0. The van der Waals surface area contributed by atoms with Gasteiger partial charge in [-0.15, -0.1) is 0 Å². The van der Waals surface area contributed by atoms with E-state index in [1.54, 1.807) is 0 Å². The Balaban J connectivity index is 1.56. The fraction of sp³-hybridized carbons (Fsp3) is 0.103. The van der Waals surface area contributed by atoms with Crippen LogP contribution in [0.1, 0.15) is 18.4 Å². The second kappa shape index (κ2) is 9.07. The molecule has 0 aromatic heterocycles.